The fourth-order valence-electron chi connectivity index (χ4n) is 2.83. The van der Waals surface area contributed by atoms with Crippen molar-refractivity contribution >= 4 is 11.9 Å². The highest BCUT2D eigenvalue weighted by molar-refractivity contribution is 5.80. The summed E-state index contributed by atoms with van der Waals surface area (Å²) in [7, 11) is 1.60. The molecule has 8 nitrogen and oxygen atoms in total. The number of amides is 1. The summed E-state index contributed by atoms with van der Waals surface area (Å²) in [4.78, 5) is 24.4. The first-order valence-corrected chi connectivity index (χ1v) is 9.17. The largest absolute Gasteiger partial charge is 0.493 e. The van der Waals surface area contributed by atoms with Crippen molar-refractivity contribution in [2.45, 2.75) is 19.3 Å². The average Bonchev–Trinajstić information content (AvgIpc) is 2.68. The van der Waals surface area contributed by atoms with Crippen molar-refractivity contribution in [1.29, 1.82) is 0 Å². The van der Waals surface area contributed by atoms with Gasteiger partial charge in [-0.2, -0.15) is 0 Å². The molecule has 0 aliphatic carbocycles. The number of hydrogen-bond donors (Lipinski definition) is 2. The van der Waals surface area contributed by atoms with E-state index in [-0.39, 0.29) is 18.7 Å². The highest BCUT2D eigenvalue weighted by Crippen LogP contribution is 2.31. The Kier molecular flexibility index (Phi) is 8.86. The minimum Gasteiger partial charge on any atom is -0.493 e. The molecule has 0 saturated carbocycles. The summed E-state index contributed by atoms with van der Waals surface area (Å²) < 4.78 is 16.8. The van der Waals surface area contributed by atoms with Gasteiger partial charge in [-0.25, -0.2) is 0 Å². The molecule has 1 amide bonds. The van der Waals surface area contributed by atoms with E-state index in [1.165, 1.54) is 0 Å². The maximum atomic E-state index is 11.6. The summed E-state index contributed by atoms with van der Waals surface area (Å²) in [5.74, 6) is 0.101. The molecule has 1 heterocycles. The van der Waals surface area contributed by atoms with Gasteiger partial charge in [0, 0.05) is 32.6 Å². The Bertz CT molecular complexity index is 616. The molecule has 0 aromatic heterocycles. The second-order valence-corrected chi connectivity index (χ2v) is 6.24. The van der Waals surface area contributed by atoms with Gasteiger partial charge in [-0.15, -0.1) is 0 Å². The van der Waals surface area contributed by atoms with Crippen molar-refractivity contribution < 1.29 is 28.9 Å². The molecule has 1 fully saturated rings. The normalized spacial score (nSPS) is 14.6. The standard InChI is InChI=1S/C19H28N2O6/c1-25-16-4-2-3-15(7-8-20-17(22)5-6-18(23)24)19(16)27-14-11-21-9-12-26-13-10-21/h2-4H,5-14H2,1H3,(H,20,22)(H,23,24). The first-order valence-electron chi connectivity index (χ1n) is 9.17. The number of carboxylic acids is 1. The molecule has 2 rings (SSSR count). The van der Waals surface area contributed by atoms with Gasteiger partial charge in [0.2, 0.25) is 5.91 Å². The van der Waals surface area contributed by atoms with Gasteiger partial charge in [-0.1, -0.05) is 12.1 Å². The van der Waals surface area contributed by atoms with Gasteiger partial charge in [0.15, 0.2) is 11.5 Å². The first kappa shape index (κ1) is 21.0. The number of para-hydroxylation sites is 1. The van der Waals surface area contributed by atoms with Crippen LogP contribution in [0.2, 0.25) is 0 Å². The third kappa shape index (κ3) is 7.44. The maximum Gasteiger partial charge on any atom is 0.303 e. The van der Waals surface area contributed by atoms with Crippen LogP contribution < -0.4 is 14.8 Å². The van der Waals surface area contributed by atoms with E-state index in [4.69, 9.17) is 19.3 Å². The van der Waals surface area contributed by atoms with E-state index in [2.05, 4.69) is 10.2 Å². The van der Waals surface area contributed by atoms with Crippen LogP contribution in [0.1, 0.15) is 18.4 Å². The number of carboxylic acid groups (broad SMARTS) is 1. The van der Waals surface area contributed by atoms with Gasteiger partial charge in [-0.05, 0) is 18.1 Å². The Morgan fingerprint density at radius 1 is 1.26 bits per heavy atom. The Hall–Kier alpha value is -2.32. The summed E-state index contributed by atoms with van der Waals surface area (Å²) >= 11 is 0. The number of nitrogens with one attached hydrogen (secondary N) is 1. The van der Waals surface area contributed by atoms with Crippen LogP contribution in [-0.2, 0) is 20.7 Å². The highest BCUT2D eigenvalue weighted by atomic mass is 16.5. The Morgan fingerprint density at radius 2 is 2.04 bits per heavy atom. The predicted octanol–water partition coefficient (Wildman–Crippen LogP) is 0.930. The van der Waals surface area contributed by atoms with Crippen molar-refractivity contribution in [2.75, 3.05) is 53.1 Å². The van der Waals surface area contributed by atoms with Crippen molar-refractivity contribution in [3.8, 4) is 11.5 Å². The molecule has 0 bridgehead atoms. The lowest BCUT2D eigenvalue weighted by Crippen LogP contribution is -2.38. The molecule has 1 aromatic rings. The molecular formula is C19H28N2O6. The number of benzene rings is 1. The summed E-state index contributed by atoms with van der Waals surface area (Å²) in [6.07, 6.45) is 0.389. The zero-order chi connectivity index (χ0) is 19.5. The molecule has 27 heavy (non-hydrogen) atoms. The molecule has 1 aliphatic rings. The highest BCUT2D eigenvalue weighted by Gasteiger charge is 2.14. The number of carbonyl (C=O) groups is 2. The number of ether oxygens (including phenoxy) is 3. The van der Waals surface area contributed by atoms with Crippen LogP contribution >= 0.6 is 0 Å². The van der Waals surface area contributed by atoms with Crippen LogP contribution in [0.25, 0.3) is 0 Å². The summed E-state index contributed by atoms with van der Waals surface area (Å²) in [5.41, 5.74) is 0.940. The third-order valence-corrected chi connectivity index (χ3v) is 4.32. The average molecular weight is 380 g/mol. The Labute approximate surface area is 159 Å². The summed E-state index contributed by atoms with van der Waals surface area (Å²) in [5, 5.41) is 11.4. The summed E-state index contributed by atoms with van der Waals surface area (Å²) in [6, 6.07) is 5.67. The summed E-state index contributed by atoms with van der Waals surface area (Å²) in [6.45, 7) is 5.08. The van der Waals surface area contributed by atoms with E-state index in [0.29, 0.717) is 31.1 Å². The second kappa shape index (κ2) is 11.4. The topological polar surface area (TPSA) is 97.3 Å². The van der Waals surface area contributed by atoms with Crippen LogP contribution in [-0.4, -0.2) is 75.0 Å². The fraction of sp³-hybridized carbons (Fsp3) is 0.579. The Morgan fingerprint density at radius 3 is 2.74 bits per heavy atom. The first-order chi connectivity index (χ1) is 13.1. The number of rotatable bonds is 11. The van der Waals surface area contributed by atoms with E-state index in [1.54, 1.807) is 7.11 Å². The lowest BCUT2D eigenvalue weighted by atomic mass is 10.1. The molecule has 0 radical (unpaired) electrons. The van der Waals surface area contributed by atoms with Crippen LogP contribution in [0.3, 0.4) is 0 Å². The minimum absolute atomic E-state index is 0.0175. The maximum absolute atomic E-state index is 11.6. The molecule has 2 N–H and O–H groups in total. The molecule has 0 unspecified atom stereocenters. The second-order valence-electron chi connectivity index (χ2n) is 6.24. The number of hydrogen-bond acceptors (Lipinski definition) is 6. The molecule has 8 heteroatoms. The van der Waals surface area contributed by atoms with Gasteiger partial charge in [0.25, 0.3) is 0 Å². The Balaban J connectivity index is 1.85. The van der Waals surface area contributed by atoms with Crippen molar-refractivity contribution in [1.82, 2.24) is 10.2 Å². The fourth-order valence-corrected chi connectivity index (χ4v) is 2.83. The molecule has 0 atom stereocenters. The number of nitrogens with zero attached hydrogens (tertiary/aromatic N) is 1. The van der Waals surface area contributed by atoms with E-state index in [9.17, 15) is 9.59 Å². The zero-order valence-corrected chi connectivity index (χ0v) is 15.7. The van der Waals surface area contributed by atoms with E-state index < -0.39 is 5.97 Å². The number of morpholine rings is 1. The molecule has 1 saturated heterocycles. The lowest BCUT2D eigenvalue weighted by Gasteiger charge is -2.26. The van der Waals surface area contributed by atoms with Crippen molar-refractivity contribution in [2.24, 2.45) is 0 Å². The number of carbonyl (C=O) groups excluding carboxylic acids is 1. The van der Waals surface area contributed by atoms with Crippen molar-refractivity contribution in [3.63, 3.8) is 0 Å². The quantitative estimate of drug-likeness (QED) is 0.589. The van der Waals surface area contributed by atoms with Crippen LogP contribution in [0.5, 0.6) is 11.5 Å². The monoisotopic (exact) mass is 380 g/mol. The van der Waals surface area contributed by atoms with Gasteiger partial charge in [0.1, 0.15) is 6.61 Å². The van der Waals surface area contributed by atoms with Gasteiger partial charge < -0.3 is 24.6 Å². The number of methoxy groups -OCH3 is 1. The lowest BCUT2D eigenvalue weighted by molar-refractivity contribution is -0.138. The van der Waals surface area contributed by atoms with Gasteiger partial charge >= 0.3 is 5.97 Å². The molecular weight excluding hydrogens is 352 g/mol. The molecule has 1 aliphatic heterocycles. The van der Waals surface area contributed by atoms with E-state index >= 15 is 0 Å². The number of aliphatic carboxylic acids is 1. The molecule has 150 valence electrons. The van der Waals surface area contributed by atoms with Crippen molar-refractivity contribution in [3.05, 3.63) is 23.8 Å². The van der Waals surface area contributed by atoms with E-state index in [1.807, 2.05) is 18.2 Å². The molecule has 0 spiro atoms. The zero-order valence-electron chi connectivity index (χ0n) is 15.7. The van der Waals surface area contributed by atoms with Crippen LogP contribution in [0, 0.1) is 0 Å². The molecule has 1 aromatic carbocycles. The SMILES string of the molecule is COc1cccc(CCNC(=O)CCC(=O)O)c1OCCN1CCOCC1. The van der Waals surface area contributed by atoms with Gasteiger partial charge in [0.05, 0.1) is 26.7 Å². The smallest absolute Gasteiger partial charge is 0.303 e. The van der Waals surface area contributed by atoms with Gasteiger partial charge in [-0.3, -0.25) is 14.5 Å². The van der Waals surface area contributed by atoms with E-state index in [0.717, 1.165) is 38.4 Å². The minimum atomic E-state index is -0.978. The van der Waals surface area contributed by atoms with Crippen LogP contribution in [0.15, 0.2) is 18.2 Å². The third-order valence-electron chi connectivity index (χ3n) is 4.32. The van der Waals surface area contributed by atoms with Crippen LogP contribution in [0.4, 0.5) is 0 Å². The predicted molar refractivity (Wildman–Crippen MR) is 99.3 cm³/mol.